The Morgan fingerprint density at radius 3 is 2.72 bits per heavy atom. The van der Waals surface area contributed by atoms with Gasteiger partial charge in [-0.05, 0) is 41.8 Å². The molecule has 96 valence electrons. The summed E-state index contributed by atoms with van der Waals surface area (Å²) in [6.45, 7) is 4.70. The van der Waals surface area contributed by atoms with E-state index in [1.54, 1.807) is 0 Å². The molecule has 2 aromatic rings. The lowest BCUT2D eigenvalue weighted by molar-refractivity contribution is 0.896. The third-order valence-corrected chi connectivity index (χ3v) is 3.69. The van der Waals surface area contributed by atoms with E-state index in [0.717, 1.165) is 23.1 Å². The Morgan fingerprint density at radius 1 is 1.22 bits per heavy atom. The van der Waals surface area contributed by atoms with E-state index >= 15 is 0 Å². The van der Waals surface area contributed by atoms with E-state index in [1.165, 1.54) is 23.3 Å². The van der Waals surface area contributed by atoms with E-state index in [1.807, 2.05) is 13.8 Å². The van der Waals surface area contributed by atoms with Crippen LogP contribution in [0, 0.1) is 0 Å². The zero-order valence-corrected chi connectivity index (χ0v) is 12.2. The Bertz CT molecular complexity index is 532. The number of nitrogens with one attached hydrogen (secondary N) is 1. The highest BCUT2D eigenvalue weighted by Gasteiger charge is 2.10. The van der Waals surface area contributed by atoms with E-state index in [0.29, 0.717) is 11.1 Å². The minimum Gasteiger partial charge on any atom is -0.354 e. The first kappa shape index (κ1) is 13.4. The summed E-state index contributed by atoms with van der Waals surface area (Å²) in [7, 11) is 0. The standard InChI is InChI=1S/C9H11ClN6S2/c1-3-5-12-9(18-16-5)17-8-14-6(10)13-7(15-8)11-4-2/h3-4H2,1-2H3,(H,11,13,14,15). The van der Waals surface area contributed by atoms with Gasteiger partial charge in [0.2, 0.25) is 16.4 Å². The quantitative estimate of drug-likeness (QED) is 0.909. The Kier molecular flexibility index (Phi) is 4.67. The molecule has 0 saturated heterocycles. The van der Waals surface area contributed by atoms with Crippen LogP contribution in [-0.2, 0) is 6.42 Å². The van der Waals surface area contributed by atoms with Gasteiger partial charge in [-0.2, -0.15) is 19.3 Å². The van der Waals surface area contributed by atoms with Gasteiger partial charge in [0.25, 0.3) is 0 Å². The second-order valence-electron chi connectivity index (χ2n) is 3.17. The van der Waals surface area contributed by atoms with Crippen molar-refractivity contribution in [2.75, 3.05) is 11.9 Å². The maximum Gasteiger partial charge on any atom is 0.228 e. The van der Waals surface area contributed by atoms with Gasteiger partial charge in [-0.1, -0.05) is 6.92 Å². The highest BCUT2D eigenvalue weighted by Crippen LogP contribution is 2.27. The number of hydrogen-bond donors (Lipinski definition) is 1. The van der Waals surface area contributed by atoms with Crippen molar-refractivity contribution < 1.29 is 0 Å². The van der Waals surface area contributed by atoms with Gasteiger partial charge < -0.3 is 5.32 Å². The number of hydrogen-bond acceptors (Lipinski definition) is 8. The summed E-state index contributed by atoms with van der Waals surface area (Å²) in [6, 6.07) is 0. The molecule has 0 saturated carbocycles. The first-order valence-electron chi connectivity index (χ1n) is 5.37. The molecule has 2 heterocycles. The SMILES string of the molecule is CCNc1nc(Cl)nc(Sc2nc(CC)ns2)n1. The first-order chi connectivity index (χ1) is 8.71. The highest BCUT2D eigenvalue weighted by atomic mass is 35.5. The molecule has 18 heavy (non-hydrogen) atoms. The number of nitrogens with zero attached hydrogens (tertiary/aromatic N) is 5. The third kappa shape index (κ3) is 3.50. The van der Waals surface area contributed by atoms with Crippen LogP contribution in [0.1, 0.15) is 19.7 Å². The smallest absolute Gasteiger partial charge is 0.228 e. The highest BCUT2D eigenvalue weighted by molar-refractivity contribution is 8.00. The van der Waals surface area contributed by atoms with Crippen LogP contribution in [0.25, 0.3) is 0 Å². The minimum atomic E-state index is 0.170. The summed E-state index contributed by atoms with van der Waals surface area (Å²) >= 11 is 8.50. The molecule has 0 fully saturated rings. The topological polar surface area (TPSA) is 76.5 Å². The van der Waals surface area contributed by atoms with E-state index in [2.05, 4.69) is 29.6 Å². The van der Waals surface area contributed by atoms with Crippen molar-refractivity contribution in [2.24, 2.45) is 0 Å². The van der Waals surface area contributed by atoms with Gasteiger partial charge >= 0.3 is 0 Å². The Morgan fingerprint density at radius 2 is 2.06 bits per heavy atom. The van der Waals surface area contributed by atoms with E-state index in [9.17, 15) is 0 Å². The number of aromatic nitrogens is 5. The van der Waals surface area contributed by atoms with Crippen molar-refractivity contribution in [2.45, 2.75) is 29.8 Å². The van der Waals surface area contributed by atoms with Crippen molar-refractivity contribution in [3.63, 3.8) is 0 Å². The molecule has 0 aliphatic rings. The third-order valence-electron chi connectivity index (χ3n) is 1.87. The monoisotopic (exact) mass is 302 g/mol. The average Bonchev–Trinajstić information content (AvgIpc) is 2.76. The fourth-order valence-electron chi connectivity index (χ4n) is 1.12. The van der Waals surface area contributed by atoms with Gasteiger partial charge in [-0.25, -0.2) is 4.98 Å². The van der Waals surface area contributed by atoms with E-state index < -0.39 is 0 Å². The maximum absolute atomic E-state index is 5.84. The van der Waals surface area contributed by atoms with Crippen LogP contribution in [0.4, 0.5) is 5.95 Å². The Balaban J connectivity index is 2.17. The molecule has 6 nitrogen and oxygen atoms in total. The molecule has 0 radical (unpaired) electrons. The molecule has 2 rings (SSSR count). The molecule has 0 aliphatic carbocycles. The maximum atomic E-state index is 5.84. The largest absolute Gasteiger partial charge is 0.354 e. The van der Waals surface area contributed by atoms with Crippen molar-refractivity contribution in [3.8, 4) is 0 Å². The summed E-state index contributed by atoms with van der Waals surface area (Å²) < 4.78 is 5.00. The first-order valence-corrected chi connectivity index (χ1v) is 7.34. The zero-order valence-electron chi connectivity index (χ0n) is 9.84. The van der Waals surface area contributed by atoms with Gasteiger partial charge in [-0.15, -0.1) is 0 Å². The van der Waals surface area contributed by atoms with E-state index in [4.69, 9.17) is 11.6 Å². The lowest BCUT2D eigenvalue weighted by atomic mass is 10.5. The average molecular weight is 303 g/mol. The van der Waals surface area contributed by atoms with Crippen molar-refractivity contribution in [1.82, 2.24) is 24.3 Å². The fourth-order valence-corrected chi connectivity index (χ4v) is 2.88. The van der Waals surface area contributed by atoms with Crippen LogP contribution in [0.5, 0.6) is 0 Å². The molecule has 0 bridgehead atoms. The molecule has 0 amide bonds. The molecule has 1 N–H and O–H groups in total. The number of halogens is 1. The van der Waals surface area contributed by atoms with Crippen LogP contribution in [0.15, 0.2) is 9.50 Å². The molecule has 0 unspecified atom stereocenters. The summed E-state index contributed by atoms with van der Waals surface area (Å²) in [5.41, 5.74) is 0. The summed E-state index contributed by atoms with van der Waals surface area (Å²) in [6.07, 6.45) is 0.817. The lowest BCUT2D eigenvalue weighted by Gasteiger charge is -2.02. The predicted molar refractivity (Wildman–Crippen MR) is 72.4 cm³/mol. The molecule has 0 aliphatic heterocycles. The molecule has 0 spiro atoms. The summed E-state index contributed by atoms with van der Waals surface area (Å²) in [5, 5.41) is 3.69. The number of anilines is 1. The van der Waals surface area contributed by atoms with Gasteiger partial charge in [0.15, 0.2) is 4.34 Å². The number of aryl methyl sites for hydroxylation is 1. The van der Waals surface area contributed by atoms with Crippen molar-refractivity contribution in [3.05, 3.63) is 11.1 Å². The molecular weight excluding hydrogens is 292 g/mol. The summed E-state index contributed by atoms with van der Waals surface area (Å²) in [5.74, 6) is 1.30. The van der Waals surface area contributed by atoms with Crippen molar-refractivity contribution >= 4 is 40.8 Å². The van der Waals surface area contributed by atoms with Gasteiger partial charge in [0.1, 0.15) is 5.82 Å². The summed E-state index contributed by atoms with van der Waals surface area (Å²) in [4.78, 5) is 16.6. The molecule has 2 aromatic heterocycles. The molecule has 0 aromatic carbocycles. The number of rotatable bonds is 5. The molecule has 0 atom stereocenters. The molecule has 9 heteroatoms. The fraction of sp³-hybridized carbons (Fsp3) is 0.444. The van der Waals surface area contributed by atoms with Gasteiger partial charge in [0.05, 0.1) is 0 Å². The van der Waals surface area contributed by atoms with Crippen LogP contribution in [0.2, 0.25) is 5.28 Å². The van der Waals surface area contributed by atoms with Crippen LogP contribution in [-0.4, -0.2) is 30.9 Å². The normalized spacial score (nSPS) is 10.6. The Labute approximate surface area is 118 Å². The van der Waals surface area contributed by atoms with Crippen LogP contribution >= 0.6 is 34.9 Å². The lowest BCUT2D eigenvalue weighted by Crippen LogP contribution is -2.04. The Hall–Kier alpha value is -0.990. The molecular formula is C9H11ClN6S2. The second kappa shape index (κ2) is 6.26. The van der Waals surface area contributed by atoms with Gasteiger partial charge in [0, 0.05) is 13.0 Å². The van der Waals surface area contributed by atoms with E-state index in [-0.39, 0.29) is 5.28 Å². The van der Waals surface area contributed by atoms with Crippen LogP contribution in [0.3, 0.4) is 0 Å². The van der Waals surface area contributed by atoms with Crippen molar-refractivity contribution in [1.29, 1.82) is 0 Å². The second-order valence-corrected chi connectivity index (χ2v) is 5.48. The zero-order chi connectivity index (χ0) is 13.0. The van der Waals surface area contributed by atoms with Gasteiger partial charge in [-0.3, -0.25) is 0 Å². The minimum absolute atomic E-state index is 0.170. The van der Waals surface area contributed by atoms with Crippen LogP contribution < -0.4 is 5.32 Å². The predicted octanol–water partition coefficient (Wildman–Crippen LogP) is 2.52.